The number of methoxy groups -OCH3 is 1. The summed E-state index contributed by atoms with van der Waals surface area (Å²) in [6.45, 7) is 43.5. The molecule has 12 nitrogen and oxygen atoms in total. The van der Waals surface area contributed by atoms with Crippen molar-refractivity contribution in [2.24, 2.45) is 76.4 Å². The predicted molar refractivity (Wildman–Crippen MR) is 516 cm³/mol. The molecule has 8 unspecified atom stereocenters. The van der Waals surface area contributed by atoms with Crippen LogP contribution in [0, 0.1) is 76.4 Å². The molecule has 7 aromatic carbocycles. The lowest BCUT2D eigenvalue weighted by Gasteiger charge is -2.61. The minimum atomic E-state index is -0.689. The summed E-state index contributed by atoms with van der Waals surface area (Å²) < 4.78 is 27.7. The number of aromatic hydroxyl groups is 3. The monoisotopic (exact) mass is 1720 g/mol. The lowest BCUT2D eigenvalue weighted by molar-refractivity contribution is -0.201. The van der Waals surface area contributed by atoms with Crippen molar-refractivity contribution in [1.29, 1.82) is 0 Å². The summed E-state index contributed by atoms with van der Waals surface area (Å²) in [5.41, 5.74) is 10.1. The zero-order valence-electron chi connectivity index (χ0n) is 81.2. The molecule has 690 valence electrons. The highest BCUT2D eigenvalue weighted by atomic mass is 16.7. The van der Waals surface area contributed by atoms with Crippen LogP contribution in [0.25, 0.3) is 0 Å². The lowest BCUT2D eigenvalue weighted by atomic mass is 9.46. The summed E-state index contributed by atoms with van der Waals surface area (Å²) in [5, 5.41) is 27.0. The highest BCUT2D eigenvalue weighted by Gasteiger charge is 2.61. The number of phenols is 3. The largest absolute Gasteiger partial charge is 0.513 e. The van der Waals surface area contributed by atoms with Gasteiger partial charge in [-0.05, 0) is 400 Å². The zero-order valence-corrected chi connectivity index (χ0v) is 81.2. The van der Waals surface area contributed by atoms with Gasteiger partial charge in [0.25, 0.3) is 0 Å². The van der Waals surface area contributed by atoms with Crippen LogP contribution < -0.4 is 4.74 Å². The van der Waals surface area contributed by atoms with Gasteiger partial charge in [-0.1, -0.05) is 214 Å². The first-order valence-corrected chi connectivity index (χ1v) is 49.2. The van der Waals surface area contributed by atoms with Crippen molar-refractivity contribution >= 4 is 24.1 Å². The Kier molecular flexibility index (Phi) is 38.0. The van der Waals surface area contributed by atoms with Crippen LogP contribution in [0.2, 0.25) is 0 Å². The van der Waals surface area contributed by atoms with Gasteiger partial charge in [-0.2, -0.15) is 0 Å². The van der Waals surface area contributed by atoms with E-state index in [9.17, 15) is 19.2 Å². The van der Waals surface area contributed by atoms with Gasteiger partial charge in [-0.3, -0.25) is 4.79 Å². The first-order chi connectivity index (χ1) is 60.1. The van der Waals surface area contributed by atoms with Crippen LogP contribution in [0.5, 0.6) is 23.0 Å². The van der Waals surface area contributed by atoms with E-state index in [2.05, 4.69) is 191 Å². The number of hydrogen-bond acceptors (Lipinski definition) is 12. The quantitative estimate of drug-likeness (QED) is 0.0315. The maximum absolute atomic E-state index is 12.8. The number of esters is 3. The predicted octanol–water partition coefficient (Wildman–Crippen LogP) is 31.0. The molecule has 0 amide bonds. The molecule has 12 fully saturated rings. The molecule has 12 aliphatic carbocycles. The number of benzene rings is 7. The molecule has 12 bridgehead atoms. The van der Waals surface area contributed by atoms with Gasteiger partial charge in [0.2, 0.25) is 0 Å². The number of rotatable bonds is 23. The molecule has 12 saturated carbocycles. The summed E-state index contributed by atoms with van der Waals surface area (Å²) in [7, 11) is 1.29. The number of phenolic OH excluding ortho intramolecular Hbond substituents is 3. The van der Waals surface area contributed by atoms with Gasteiger partial charge in [-0.15, -0.1) is 0 Å². The summed E-state index contributed by atoms with van der Waals surface area (Å²) in [6.07, 6.45) is 29.4. The first-order valence-electron chi connectivity index (χ1n) is 49.2. The summed E-state index contributed by atoms with van der Waals surface area (Å²) in [5.74, 6) is 14.1. The Morgan fingerprint density at radius 2 is 0.587 bits per heavy atom. The smallest absolute Gasteiger partial charge is 0.508 e. The van der Waals surface area contributed by atoms with Crippen molar-refractivity contribution in [1.82, 2.24) is 0 Å². The molecule has 0 radical (unpaired) electrons. The standard InChI is InChI=1S/2C22H30O2.C18H30O2.C12H16O3.3C10H14O.C10H14/c2*1-4-14(2)17-5-7-18(8-6-17)21(23)24-22(3)19-10-15-9-16(12-19)13-20(22)11-15;1-5-12(2)16(19)20-17(3,4)18-9-13-6-14(10-18)8-15(7-13)11-18;1-4-9(2)10-5-7-11(8-6-10)15-12(13)14-3;3*1-3-8(2)9-4-6-10(11)7-5-9;1-3-9(2)10-7-5-4-6-8-10/h2*5-8,14-16,19-20H,4,9-13H2,1-3H3;12-15H,5-11H2,1-4H3;5-9H,4H2,1-3H3;3*4-8,11H,3H2,1-2H3;4-9H,3H2,1-2H3. The van der Waals surface area contributed by atoms with E-state index in [0.717, 1.165) is 86.4 Å². The number of carbonyl (C=O) groups excluding carboxylic acids is 4. The molecule has 19 rings (SSSR count). The van der Waals surface area contributed by atoms with Gasteiger partial charge >= 0.3 is 24.1 Å². The van der Waals surface area contributed by atoms with Crippen molar-refractivity contribution in [2.45, 2.75) is 351 Å². The molecule has 0 saturated heterocycles. The highest BCUT2D eigenvalue weighted by Crippen LogP contribution is 2.65. The van der Waals surface area contributed by atoms with E-state index < -0.39 is 6.16 Å². The first kappa shape index (κ1) is 101. The van der Waals surface area contributed by atoms with E-state index in [1.165, 1.54) is 155 Å². The van der Waals surface area contributed by atoms with Crippen LogP contribution in [0.1, 0.15) is 394 Å². The van der Waals surface area contributed by atoms with Crippen LogP contribution in [0.15, 0.2) is 176 Å². The second-order valence-electron chi connectivity index (χ2n) is 40.9. The van der Waals surface area contributed by atoms with Gasteiger partial charge in [0.05, 0.1) is 24.2 Å². The molecular weight excluding hydrogens is 1560 g/mol. The molecule has 0 heterocycles. The molecule has 3 N–H and O–H groups in total. The van der Waals surface area contributed by atoms with Crippen LogP contribution in [0.3, 0.4) is 0 Å². The molecular formula is C114H162O12. The zero-order chi connectivity index (χ0) is 91.8. The third kappa shape index (κ3) is 27.1. The Morgan fingerprint density at radius 1 is 0.341 bits per heavy atom. The van der Waals surface area contributed by atoms with Crippen molar-refractivity contribution in [2.75, 3.05) is 7.11 Å². The average molecular weight is 1720 g/mol. The maximum Gasteiger partial charge on any atom is 0.513 e. The van der Waals surface area contributed by atoms with Crippen LogP contribution in [0.4, 0.5) is 4.79 Å². The van der Waals surface area contributed by atoms with Crippen molar-refractivity contribution in [3.63, 3.8) is 0 Å². The molecule has 0 spiro atoms. The molecule has 0 aliphatic heterocycles. The molecule has 7 aromatic rings. The van der Waals surface area contributed by atoms with E-state index in [1.807, 2.05) is 79.7 Å². The van der Waals surface area contributed by atoms with Crippen LogP contribution >= 0.6 is 0 Å². The fourth-order valence-electron chi connectivity index (χ4n) is 22.3. The van der Waals surface area contributed by atoms with Gasteiger partial charge in [0.15, 0.2) is 0 Å². The Morgan fingerprint density at radius 3 is 0.841 bits per heavy atom. The lowest BCUT2D eigenvalue weighted by Crippen LogP contribution is -2.58. The van der Waals surface area contributed by atoms with Gasteiger partial charge in [0.1, 0.15) is 39.8 Å². The molecule has 126 heavy (non-hydrogen) atoms. The van der Waals surface area contributed by atoms with Crippen molar-refractivity contribution in [3.05, 3.63) is 226 Å². The van der Waals surface area contributed by atoms with Gasteiger partial charge in [0, 0.05) is 5.41 Å². The second kappa shape index (κ2) is 47.3. The van der Waals surface area contributed by atoms with Crippen molar-refractivity contribution < 1.29 is 58.2 Å². The third-order valence-electron chi connectivity index (χ3n) is 32.1. The minimum Gasteiger partial charge on any atom is -0.508 e. The Balaban J connectivity index is 0.000000167. The number of ether oxygens (including phenoxy) is 5. The number of hydrogen-bond donors (Lipinski definition) is 3. The molecule has 12 aliphatic rings. The number of carbonyl (C=O) groups is 4. The van der Waals surface area contributed by atoms with E-state index in [0.29, 0.717) is 99.2 Å². The van der Waals surface area contributed by atoms with E-state index in [-0.39, 0.29) is 46.0 Å². The topological polar surface area (TPSA) is 175 Å². The summed E-state index contributed by atoms with van der Waals surface area (Å²) in [6, 6.07) is 56.5. The molecule has 12 heteroatoms. The Bertz CT molecular complexity index is 4090. The van der Waals surface area contributed by atoms with Crippen LogP contribution in [-0.2, 0) is 23.7 Å². The fraction of sp³-hybridized carbons (Fsp3) is 0.596. The normalized spacial score (nSPS) is 26.8. The molecule has 8 atom stereocenters. The minimum absolute atomic E-state index is 0.00763. The summed E-state index contributed by atoms with van der Waals surface area (Å²) in [4.78, 5) is 48.6. The summed E-state index contributed by atoms with van der Waals surface area (Å²) >= 11 is 0. The third-order valence-corrected chi connectivity index (χ3v) is 32.1. The van der Waals surface area contributed by atoms with E-state index >= 15 is 0 Å². The maximum atomic E-state index is 12.8. The van der Waals surface area contributed by atoms with E-state index in [4.69, 9.17) is 34.3 Å². The fourth-order valence-corrected chi connectivity index (χ4v) is 22.3. The highest BCUT2D eigenvalue weighted by molar-refractivity contribution is 5.90. The SMILES string of the molecule is CCC(C)C(=O)OC(C)(C)C12CC3CC(CC(C3)C1)C2.CCC(C)c1ccc(C(=O)OC2(C)C3CC4CC(C3)CC2C4)cc1.CCC(C)c1ccc(C(=O)OC2(C)C3CC4CC(C3)CC2C4)cc1.CCC(C)c1ccc(O)cc1.CCC(C)c1ccc(O)cc1.CCC(C)c1ccc(O)cc1.CCC(C)c1ccc(OC(=O)OC)cc1.CCC(C)c1ccccc1. The second-order valence-corrected chi connectivity index (χ2v) is 40.9. The molecule has 0 aromatic heterocycles. The van der Waals surface area contributed by atoms with Gasteiger partial charge in [-0.25, -0.2) is 14.4 Å². The van der Waals surface area contributed by atoms with E-state index in [1.54, 1.807) is 48.5 Å². The average Bonchev–Trinajstić information content (AvgIpc) is 0.724. The Hall–Kier alpha value is -8.38. The van der Waals surface area contributed by atoms with Crippen molar-refractivity contribution in [3.8, 4) is 23.0 Å². The Labute approximate surface area is 761 Å². The van der Waals surface area contributed by atoms with Gasteiger partial charge < -0.3 is 39.0 Å². The van der Waals surface area contributed by atoms with Crippen LogP contribution in [-0.4, -0.2) is 63.3 Å².